The number of nitrogens with zero attached hydrogens (tertiary/aromatic N) is 1. The van der Waals surface area contributed by atoms with E-state index in [0.717, 1.165) is 6.29 Å². The first-order chi connectivity index (χ1) is 8.62. The molecule has 0 aliphatic rings. The zero-order valence-corrected chi connectivity index (χ0v) is 12.1. The van der Waals surface area contributed by atoms with Crippen molar-refractivity contribution in [3.05, 3.63) is 28.2 Å². The lowest BCUT2D eigenvalue weighted by molar-refractivity contribution is -0.132. The van der Waals surface area contributed by atoms with Gasteiger partial charge in [0.25, 0.3) is 5.91 Å². The van der Waals surface area contributed by atoms with Gasteiger partial charge in [-0.15, -0.1) is 0 Å². The van der Waals surface area contributed by atoms with Crippen LogP contribution in [0.3, 0.4) is 0 Å². The van der Waals surface area contributed by atoms with Gasteiger partial charge in [0.15, 0.2) is 12.9 Å². The molecule has 0 aliphatic heterocycles. The number of rotatable bonds is 6. The summed E-state index contributed by atoms with van der Waals surface area (Å²) >= 11 is 3.25. The Kier molecular flexibility index (Phi) is 5.85. The van der Waals surface area contributed by atoms with Gasteiger partial charge in [-0.05, 0) is 32.0 Å². The predicted molar refractivity (Wildman–Crippen MR) is 73.0 cm³/mol. The smallest absolute Gasteiger partial charge is 0.260 e. The van der Waals surface area contributed by atoms with Crippen LogP contribution in [-0.4, -0.2) is 36.8 Å². The normalized spacial score (nSPS) is 9.94. The lowest BCUT2D eigenvalue weighted by atomic mass is 10.2. The summed E-state index contributed by atoms with van der Waals surface area (Å²) < 4.78 is 6.09. The fourth-order valence-electron chi connectivity index (χ4n) is 1.51. The molecule has 0 spiro atoms. The van der Waals surface area contributed by atoms with E-state index in [1.807, 2.05) is 13.8 Å². The van der Waals surface area contributed by atoms with E-state index in [2.05, 4.69) is 15.9 Å². The van der Waals surface area contributed by atoms with Crippen LogP contribution in [0.2, 0.25) is 0 Å². The van der Waals surface area contributed by atoms with Gasteiger partial charge >= 0.3 is 0 Å². The molecule has 1 amide bonds. The van der Waals surface area contributed by atoms with Gasteiger partial charge < -0.3 is 9.64 Å². The molecule has 0 saturated heterocycles. The minimum atomic E-state index is -0.0597. The molecular weight excluding hydrogens is 298 g/mol. The quantitative estimate of drug-likeness (QED) is 0.758. The number of halogens is 1. The van der Waals surface area contributed by atoms with Crippen molar-refractivity contribution in [3.63, 3.8) is 0 Å². The van der Waals surface area contributed by atoms with Crippen LogP contribution in [0.4, 0.5) is 0 Å². The van der Waals surface area contributed by atoms with Crippen molar-refractivity contribution in [2.24, 2.45) is 0 Å². The molecule has 0 radical (unpaired) electrons. The van der Waals surface area contributed by atoms with E-state index >= 15 is 0 Å². The first kappa shape index (κ1) is 14.7. The van der Waals surface area contributed by atoms with Crippen molar-refractivity contribution in [2.45, 2.75) is 13.8 Å². The van der Waals surface area contributed by atoms with E-state index in [0.29, 0.717) is 28.9 Å². The molecule has 0 fully saturated rings. The third-order valence-corrected chi connectivity index (χ3v) is 3.30. The number of benzene rings is 1. The van der Waals surface area contributed by atoms with E-state index in [4.69, 9.17) is 4.74 Å². The first-order valence-corrected chi connectivity index (χ1v) is 6.57. The summed E-state index contributed by atoms with van der Waals surface area (Å²) in [6.07, 6.45) is 0.739. The number of ether oxygens (including phenoxy) is 1. The number of carbonyl (C=O) groups excluding carboxylic acids is 2. The molecule has 0 unspecified atom stereocenters. The van der Waals surface area contributed by atoms with Crippen molar-refractivity contribution in [2.75, 3.05) is 19.7 Å². The average molecular weight is 314 g/mol. The lowest BCUT2D eigenvalue weighted by Crippen LogP contribution is -2.34. The van der Waals surface area contributed by atoms with Crippen LogP contribution in [0.5, 0.6) is 5.75 Å². The van der Waals surface area contributed by atoms with Crippen LogP contribution >= 0.6 is 15.9 Å². The van der Waals surface area contributed by atoms with Gasteiger partial charge in [-0.25, -0.2) is 0 Å². The molecule has 98 valence electrons. The number of hydrogen-bond acceptors (Lipinski definition) is 3. The third kappa shape index (κ3) is 3.84. The molecule has 0 heterocycles. The maximum Gasteiger partial charge on any atom is 0.260 e. The number of aldehydes is 1. The third-order valence-electron chi connectivity index (χ3n) is 2.57. The van der Waals surface area contributed by atoms with Crippen molar-refractivity contribution >= 4 is 28.1 Å². The molecule has 0 bridgehead atoms. The van der Waals surface area contributed by atoms with Gasteiger partial charge in [-0.2, -0.15) is 0 Å². The zero-order valence-electron chi connectivity index (χ0n) is 10.5. The Morgan fingerprint density at radius 3 is 2.61 bits per heavy atom. The first-order valence-electron chi connectivity index (χ1n) is 5.77. The molecule has 4 nitrogen and oxygen atoms in total. The van der Waals surface area contributed by atoms with E-state index in [1.54, 1.807) is 23.1 Å². The molecule has 18 heavy (non-hydrogen) atoms. The standard InChI is InChI=1S/C13H16BrNO3/c1-3-15(4-2)13(17)9-18-11-5-6-12(14)10(7-11)8-16/h5-8H,3-4,9H2,1-2H3. The van der Waals surface area contributed by atoms with Gasteiger partial charge in [-0.1, -0.05) is 15.9 Å². The van der Waals surface area contributed by atoms with Crippen LogP contribution in [0.15, 0.2) is 22.7 Å². The molecule has 0 N–H and O–H groups in total. The Labute approximate surface area is 115 Å². The van der Waals surface area contributed by atoms with Crippen LogP contribution in [0.25, 0.3) is 0 Å². The molecular formula is C13H16BrNO3. The molecule has 0 aromatic heterocycles. The lowest BCUT2D eigenvalue weighted by Gasteiger charge is -2.18. The topological polar surface area (TPSA) is 46.6 Å². The molecule has 0 atom stereocenters. The fourth-order valence-corrected chi connectivity index (χ4v) is 1.85. The van der Waals surface area contributed by atoms with Crippen LogP contribution in [-0.2, 0) is 4.79 Å². The molecule has 1 aromatic rings. The summed E-state index contributed by atoms with van der Waals surface area (Å²) in [7, 11) is 0. The molecule has 0 saturated carbocycles. The molecule has 5 heteroatoms. The Morgan fingerprint density at radius 1 is 1.39 bits per heavy atom. The fraction of sp³-hybridized carbons (Fsp3) is 0.385. The second-order valence-corrected chi connectivity index (χ2v) is 4.51. The summed E-state index contributed by atoms with van der Waals surface area (Å²) in [4.78, 5) is 24.2. The number of carbonyl (C=O) groups is 2. The summed E-state index contributed by atoms with van der Waals surface area (Å²) in [6, 6.07) is 5.04. The zero-order chi connectivity index (χ0) is 13.5. The van der Waals surface area contributed by atoms with Gasteiger partial charge in [0.05, 0.1) is 0 Å². The number of hydrogen-bond donors (Lipinski definition) is 0. The minimum Gasteiger partial charge on any atom is -0.484 e. The molecule has 1 rings (SSSR count). The van der Waals surface area contributed by atoms with Crippen molar-refractivity contribution in [3.8, 4) is 5.75 Å². The summed E-state index contributed by atoms with van der Waals surface area (Å²) in [5.74, 6) is 0.455. The second-order valence-electron chi connectivity index (χ2n) is 3.66. The average Bonchev–Trinajstić information content (AvgIpc) is 2.39. The highest BCUT2D eigenvalue weighted by Crippen LogP contribution is 2.21. The Morgan fingerprint density at radius 2 is 2.06 bits per heavy atom. The van der Waals surface area contributed by atoms with Crippen molar-refractivity contribution in [1.29, 1.82) is 0 Å². The minimum absolute atomic E-state index is 0.0123. The van der Waals surface area contributed by atoms with Crippen LogP contribution in [0, 0.1) is 0 Å². The monoisotopic (exact) mass is 313 g/mol. The van der Waals surface area contributed by atoms with E-state index in [9.17, 15) is 9.59 Å². The number of likely N-dealkylation sites (N-methyl/N-ethyl adjacent to an activating group) is 1. The largest absolute Gasteiger partial charge is 0.484 e. The van der Waals surface area contributed by atoms with E-state index < -0.39 is 0 Å². The van der Waals surface area contributed by atoms with Crippen molar-refractivity contribution < 1.29 is 14.3 Å². The maximum atomic E-state index is 11.7. The molecule has 0 aliphatic carbocycles. The highest BCUT2D eigenvalue weighted by atomic mass is 79.9. The van der Waals surface area contributed by atoms with E-state index in [-0.39, 0.29) is 12.5 Å². The van der Waals surface area contributed by atoms with E-state index in [1.165, 1.54) is 0 Å². The van der Waals surface area contributed by atoms with Gasteiger partial charge in [-0.3, -0.25) is 9.59 Å². The summed E-state index contributed by atoms with van der Waals surface area (Å²) in [5.41, 5.74) is 0.503. The number of amides is 1. The Balaban J connectivity index is 2.63. The van der Waals surface area contributed by atoms with Crippen molar-refractivity contribution in [1.82, 2.24) is 4.90 Å². The van der Waals surface area contributed by atoms with Gasteiger partial charge in [0, 0.05) is 23.1 Å². The Hall–Kier alpha value is -1.36. The summed E-state index contributed by atoms with van der Waals surface area (Å²) in [5, 5.41) is 0. The summed E-state index contributed by atoms with van der Waals surface area (Å²) in [6.45, 7) is 5.16. The highest BCUT2D eigenvalue weighted by Gasteiger charge is 2.10. The van der Waals surface area contributed by atoms with Gasteiger partial charge in [0.1, 0.15) is 5.75 Å². The maximum absolute atomic E-state index is 11.7. The second kappa shape index (κ2) is 7.16. The van der Waals surface area contributed by atoms with Crippen LogP contribution in [0.1, 0.15) is 24.2 Å². The van der Waals surface area contributed by atoms with Gasteiger partial charge in [0.2, 0.25) is 0 Å². The Bertz CT molecular complexity index is 430. The SMILES string of the molecule is CCN(CC)C(=O)COc1ccc(Br)c(C=O)c1. The van der Waals surface area contributed by atoms with Crippen LogP contribution < -0.4 is 4.74 Å². The highest BCUT2D eigenvalue weighted by molar-refractivity contribution is 9.10. The molecule has 1 aromatic carbocycles. The predicted octanol–water partition coefficient (Wildman–Crippen LogP) is 2.51.